The molecule has 0 saturated heterocycles. The van der Waals surface area contributed by atoms with Crippen molar-refractivity contribution >= 4 is 5.71 Å². The van der Waals surface area contributed by atoms with Gasteiger partial charge in [0.05, 0.1) is 5.71 Å². The zero-order valence-electron chi connectivity index (χ0n) is 10.5. The Balaban J connectivity index is 2.27. The Morgan fingerprint density at radius 3 is 2.11 bits per heavy atom. The van der Waals surface area contributed by atoms with E-state index in [0.717, 1.165) is 12.1 Å². The Morgan fingerprint density at radius 1 is 1.00 bits per heavy atom. The van der Waals surface area contributed by atoms with E-state index in [-0.39, 0.29) is 5.92 Å². The average Bonchev–Trinajstić information content (AvgIpc) is 2.46. The fraction of sp³-hybridized carbons (Fsp3) is 0.188. The number of rotatable bonds is 4. The average molecular weight is 239 g/mol. The maximum Gasteiger partial charge on any atom is 0.0617 e. The van der Waals surface area contributed by atoms with Crippen molar-refractivity contribution in [3.8, 4) is 0 Å². The maximum absolute atomic E-state index is 9.03. The first kappa shape index (κ1) is 12.4. The molecule has 0 aromatic heterocycles. The van der Waals surface area contributed by atoms with Gasteiger partial charge in [-0.2, -0.15) is 0 Å². The molecule has 1 N–H and O–H groups in total. The third kappa shape index (κ3) is 2.98. The number of benzene rings is 2. The molecule has 0 unspecified atom stereocenters. The molecule has 0 saturated carbocycles. The molecule has 2 nitrogen and oxygen atoms in total. The van der Waals surface area contributed by atoms with Crippen LogP contribution >= 0.6 is 0 Å². The van der Waals surface area contributed by atoms with Crippen molar-refractivity contribution in [1.82, 2.24) is 0 Å². The highest BCUT2D eigenvalue weighted by atomic mass is 16.4. The number of oxime groups is 1. The Bertz CT molecular complexity index is 505. The molecule has 0 heterocycles. The van der Waals surface area contributed by atoms with Gasteiger partial charge in [-0.05, 0) is 24.5 Å². The molecule has 2 rings (SSSR count). The highest BCUT2D eigenvalue weighted by Crippen LogP contribution is 2.22. The van der Waals surface area contributed by atoms with Crippen LogP contribution in [0.15, 0.2) is 65.8 Å². The van der Waals surface area contributed by atoms with E-state index in [1.807, 2.05) is 43.3 Å². The standard InChI is InChI=1S/C16H17NO/c1-13(17-18)16(15-10-6-3-7-11-15)12-14-8-4-2-5-9-14/h2-11,16,18H,12H2,1H3/b17-13-/t16-/m0/s1. The van der Waals surface area contributed by atoms with E-state index >= 15 is 0 Å². The Kier molecular flexibility index (Phi) is 4.13. The molecule has 0 amide bonds. The molecule has 0 aliphatic heterocycles. The van der Waals surface area contributed by atoms with Gasteiger partial charge in [-0.1, -0.05) is 65.8 Å². The summed E-state index contributed by atoms with van der Waals surface area (Å²) in [6.45, 7) is 1.86. The van der Waals surface area contributed by atoms with E-state index in [1.54, 1.807) is 0 Å². The lowest BCUT2D eigenvalue weighted by Crippen LogP contribution is -2.12. The molecular weight excluding hydrogens is 222 g/mol. The minimum absolute atomic E-state index is 0.124. The van der Waals surface area contributed by atoms with Gasteiger partial charge in [-0.15, -0.1) is 0 Å². The van der Waals surface area contributed by atoms with Crippen LogP contribution in [0.25, 0.3) is 0 Å². The topological polar surface area (TPSA) is 32.6 Å². The van der Waals surface area contributed by atoms with Gasteiger partial charge < -0.3 is 5.21 Å². The molecule has 0 aliphatic rings. The van der Waals surface area contributed by atoms with E-state index in [4.69, 9.17) is 5.21 Å². The summed E-state index contributed by atoms with van der Waals surface area (Å²) in [7, 11) is 0. The van der Waals surface area contributed by atoms with Gasteiger partial charge in [0, 0.05) is 5.92 Å². The van der Waals surface area contributed by atoms with Crippen LogP contribution in [0.2, 0.25) is 0 Å². The lowest BCUT2D eigenvalue weighted by molar-refractivity contribution is 0.316. The number of nitrogens with zero attached hydrogens (tertiary/aromatic N) is 1. The van der Waals surface area contributed by atoms with Crippen molar-refractivity contribution in [2.24, 2.45) is 5.16 Å². The van der Waals surface area contributed by atoms with Gasteiger partial charge in [-0.25, -0.2) is 0 Å². The lowest BCUT2D eigenvalue weighted by atomic mass is 9.88. The van der Waals surface area contributed by atoms with E-state index in [1.165, 1.54) is 11.1 Å². The molecule has 0 aliphatic carbocycles. The minimum Gasteiger partial charge on any atom is -0.411 e. The Morgan fingerprint density at radius 2 is 1.56 bits per heavy atom. The van der Waals surface area contributed by atoms with Crippen molar-refractivity contribution in [3.05, 3.63) is 71.8 Å². The van der Waals surface area contributed by atoms with Crippen LogP contribution in [-0.2, 0) is 6.42 Å². The molecule has 1 atom stereocenters. The fourth-order valence-corrected chi connectivity index (χ4v) is 2.11. The summed E-state index contributed by atoms with van der Waals surface area (Å²) in [6, 6.07) is 20.4. The van der Waals surface area contributed by atoms with Crippen LogP contribution in [0.4, 0.5) is 0 Å². The van der Waals surface area contributed by atoms with Gasteiger partial charge in [-0.3, -0.25) is 0 Å². The van der Waals surface area contributed by atoms with Crippen molar-refractivity contribution in [3.63, 3.8) is 0 Å². The molecule has 0 bridgehead atoms. The second kappa shape index (κ2) is 6.01. The summed E-state index contributed by atoms with van der Waals surface area (Å²) in [5.74, 6) is 0.124. The van der Waals surface area contributed by atoms with Crippen LogP contribution in [0, 0.1) is 0 Å². The maximum atomic E-state index is 9.03. The van der Waals surface area contributed by atoms with Gasteiger partial charge in [0.2, 0.25) is 0 Å². The van der Waals surface area contributed by atoms with Crippen LogP contribution in [0.1, 0.15) is 24.0 Å². The van der Waals surface area contributed by atoms with Crippen molar-refractivity contribution in [2.75, 3.05) is 0 Å². The number of hydrogen-bond donors (Lipinski definition) is 1. The zero-order valence-corrected chi connectivity index (χ0v) is 10.5. The van der Waals surface area contributed by atoms with Crippen molar-refractivity contribution < 1.29 is 5.21 Å². The van der Waals surface area contributed by atoms with Gasteiger partial charge in [0.1, 0.15) is 0 Å². The summed E-state index contributed by atoms with van der Waals surface area (Å²) < 4.78 is 0. The lowest BCUT2D eigenvalue weighted by Gasteiger charge is -2.16. The van der Waals surface area contributed by atoms with E-state index in [0.29, 0.717) is 0 Å². The van der Waals surface area contributed by atoms with Crippen LogP contribution in [0.3, 0.4) is 0 Å². The summed E-state index contributed by atoms with van der Waals surface area (Å²) in [4.78, 5) is 0. The quantitative estimate of drug-likeness (QED) is 0.490. The fourth-order valence-electron chi connectivity index (χ4n) is 2.11. The highest BCUT2D eigenvalue weighted by molar-refractivity contribution is 5.88. The summed E-state index contributed by atoms with van der Waals surface area (Å²) in [5, 5.41) is 12.4. The van der Waals surface area contributed by atoms with Gasteiger partial charge in [0.15, 0.2) is 0 Å². The molecule has 0 fully saturated rings. The first-order valence-electron chi connectivity index (χ1n) is 6.08. The van der Waals surface area contributed by atoms with Gasteiger partial charge >= 0.3 is 0 Å². The predicted octanol–water partition coefficient (Wildman–Crippen LogP) is 3.86. The highest BCUT2D eigenvalue weighted by Gasteiger charge is 2.15. The molecule has 2 aromatic carbocycles. The predicted molar refractivity (Wildman–Crippen MR) is 74.2 cm³/mol. The molecule has 18 heavy (non-hydrogen) atoms. The van der Waals surface area contributed by atoms with E-state index in [2.05, 4.69) is 29.4 Å². The summed E-state index contributed by atoms with van der Waals surface area (Å²) in [5.41, 5.74) is 3.16. The number of hydrogen-bond acceptors (Lipinski definition) is 2. The summed E-state index contributed by atoms with van der Waals surface area (Å²) >= 11 is 0. The molecule has 0 spiro atoms. The van der Waals surface area contributed by atoms with Crippen LogP contribution < -0.4 is 0 Å². The first-order valence-corrected chi connectivity index (χ1v) is 6.08. The molecule has 2 aromatic rings. The van der Waals surface area contributed by atoms with E-state index in [9.17, 15) is 0 Å². The zero-order chi connectivity index (χ0) is 12.8. The van der Waals surface area contributed by atoms with Crippen LogP contribution in [-0.4, -0.2) is 10.9 Å². The third-order valence-corrected chi connectivity index (χ3v) is 3.15. The SMILES string of the molecule is C/C(=N/O)[C@H](Cc1ccccc1)c1ccccc1. The Hall–Kier alpha value is -2.09. The van der Waals surface area contributed by atoms with Crippen molar-refractivity contribution in [2.45, 2.75) is 19.3 Å². The molecule has 2 heteroatoms. The van der Waals surface area contributed by atoms with Crippen LogP contribution in [0.5, 0.6) is 0 Å². The monoisotopic (exact) mass is 239 g/mol. The molecule has 0 radical (unpaired) electrons. The van der Waals surface area contributed by atoms with Crippen molar-refractivity contribution in [1.29, 1.82) is 0 Å². The Labute approximate surface area is 108 Å². The minimum atomic E-state index is 0.124. The second-order valence-corrected chi connectivity index (χ2v) is 4.39. The van der Waals surface area contributed by atoms with Gasteiger partial charge in [0.25, 0.3) is 0 Å². The summed E-state index contributed by atoms with van der Waals surface area (Å²) in [6.07, 6.45) is 0.848. The molecule has 92 valence electrons. The third-order valence-electron chi connectivity index (χ3n) is 3.15. The molecular formula is C16H17NO. The van der Waals surface area contributed by atoms with E-state index < -0.39 is 0 Å². The smallest absolute Gasteiger partial charge is 0.0617 e. The normalized spacial score (nSPS) is 13.3. The second-order valence-electron chi connectivity index (χ2n) is 4.39. The largest absolute Gasteiger partial charge is 0.411 e. The first-order chi connectivity index (χ1) is 8.81.